The van der Waals surface area contributed by atoms with Crippen LogP contribution in [0.5, 0.6) is 5.75 Å². The molecule has 0 atom stereocenters. The fourth-order valence-electron chi connectivity index (χ4n) is 2.21. The summed E-state index contributed by atoms with van der Waals surface area (Å²) in [5.41, 5.74) is 4.45. The molecule has 2 aromatic rings. The molecule has 29 heavy (non-hydrogen) atoms. The normalized spacial score (nSPS) is 10.4. The number of hydrazone groups is 1. The van der Waals surface area contributed by atoms with Gasteiger partial charge >= 0.3 is 11.8 Å². The molecule has 152 valence electrons. The molecule has 3 amide bonds. The number of hydrogen-bond acceptors (Lipinski definition) is 5. The third-order valence-corrected chi connectivity index (χ3v) is 4.48. The minimum absolute atomic E-state index is 0.163. The Morgan fingerprint density at radius 2 is 1.93 bits per heavy atom. The Labute approximate surface area is 176 Å². The zero-order valence-corrected chi connectivity index (χ0v) is 17.6. The number of nitrogens with one attached hydrogen (secondary N) is 3. The van der Waals surface area contributed by atoms with Crippen LogP contribution < -0.4 is 20.8 Å². The summed E-state index contributed by atoms with van der Waals surface area (Å²) in [6.45, 7) is 3.83. The van der Waals surface area contributed by atoms with Gasteiger partial charge in [0.2, 0.25) is 0 Å². The van der Waals surface area contributed by atoms with E-state index in [9.17, 15) is 14.4 Å². The van der Waals surface area contributed by atoms with Crippen molar-refractivity contribution >= 4 is 45.6 Å². The summed E-state index contributed by atoms with van der Waals surface area (Å²) in [6, 6.07) is 12.3. The number of rotatable bonds is 7. The lowest BCUT2D eigenvalue weighted by Gasteiger charge is -2.09. The number of aryl methyl sites for hydroxylation is 1. The van der Waals surface area contributed by atoms with E-state index >= 15 is 0 Å². The zero-order valence-electron chi connectivity index (χ0n) is 16.0. The molecule has 0 unspecified atom stereocenters. The number of ether oxygens (including phenoxy) is 1. The highest BCUT2D eigenvalue weighted by molar-refractivity contribution is 9.10. The molecule has 0 spiro atoms. The summed E-state index contributed by atoms with van der Waals surface area (Å²) in [7, 11) is 0. The van der Waals surface area contributed by atoms with Crippen molar-refractivity contribution in [2.75, 3.05) is 18.5 Å². The van der Waals surface area contributed by atoms with Crippen molar-refractivity contribution in [1.82, 2.24) is 10.7 Å². The monoisotopic (exact) mass is 460 g/mol. The smallest absolute Gasteiger partial charge is 0.329 e. The van der Waals surface area contributed by atoms with Crippen molar-refractivity contribution < 1.29 is 19.1 Å². The molecule has 0 heterocycles. The number of carbonyl (C=O) groups is 3. The van der Waals surface area contributed by atoms with Crippen LogP contribution in [0.1, 0.15) is 18.1 Å². The predicted octanol–water partition coefficient (Wildman–Crippen LogP) is 2.36. The van der Waals surface area contributed by atoms with E-state index in [1.807, 2.05) is 19.1 Å². The maximum Gasteiger partial charge on any atom is 0.329 e. The molecular formula is C20H21BrN4O4. The van der Waals surface area contributed by atoms with Crippen molar-refractivity contribution in [3.05, 3.63) is 58.1 Å². The molecule has 9 heteroatoms. The molecule has 0 saturated carbocycles. The third kappa shape index (κ3) is 7.38. The first-order valence-corrected chi connectivity index (χ1v) is 9.58. The van der Waals surface area contributed by atoms with E-state index in [0.717, 1.165) is 10.0 Å². The SMILES string of the molecule is CCNC(=O)C(=O)N/N=C\c1cccc(OCC(=O)Nc2ccc(Br)c(C)c2)c1. The predicted molar refractivity (Wildman–Crippen MR) is 114 cm³/mol. The Hall–Kier alpha value is -3.20. The van der Waals surface area contributed by atoms with E-state index in [4.69, 9.17) is 4.74 Å². The highest BCUT2D eigenvalue weighted by Crippen LogP contribution is 2.20. The van der Waals surface area contributed by atoms with Gasteiger partial charge < -0.3 is 15.4 Å². The average Bonchev–Trinajstić information content (AvgIpc) is 2.69. The molecular weight excluding hydrogens is 440 g/mol. The quantitative estimate of drug-likeness (QED) is 0.334. The number of halogens is 1. The number of amides is 3. The zero-order chi connectivity index (χ0) is 21.2. The standard InChI is InChI=1S/C20H21BrN4O4/c1-3-22-19(27)20(28)25-23-11-14-5-4-6-16(10-14)29-12-18(26)24-15-7-8-17(21)13(2)9-15/h4-11H,3,12H2,1-2H3,(H,22,27)(H,24,26)(H,25,28)/b23-11-. The molecule has 0 aliphatic rings. The summed E-state index contributed by atoms with van der Waals surface area (Å²) in [5, 5.41) is 8.86. The Morgan fingerprint density at radius 3 is 2.66 bits per heavy atom. The maximum atomic E-state index is 12.1. The lowest BCUT2D eigenvalue weighted by atomic mass is 10.2. The average molecular weight is 461 g/mol. The molecule has 2 rings (SSSR count). The minimum atomic E-state index is -0.852. The first-order valence-electron chi connectivity index (χ1n) is 8.79. The second-order valence-corrected chi connectivity index (χ2v) is 6.79. The van der Waals surface area contributed by atoms with Gasteiger partial charge in [-0.15, -0.1) is 0 Å². The Balaban J connectivity index is 1.86. The van der Waals surface area contributed by atoms with E-state index in [2.05, 4.69) is 37.1 Å². The van der Waals surface area contributed by atoms with Crippen LogP contribution in [0.2, 0.25) is 0 Å². The van der Waals surface area contributed by atoms with Crippen LogP contribution in [0.25, 0.3) is 0 Å². The summed E-state index contributed by atoms with van der Waals surface area (Å²) in [5.74, 6) is -1.44. The van der Waals surface area contributed by atoms with Gasteiger partial charge in [-0.05, 0) is 55.3 Å². The van der Waals surface area contributed by atoms with E-state index < -0.39 is 11.8 Å². The molecule has 8 nitrogen and oxygen atoms in total. The van der Waals surface area contributed by atoms with Gasteiger partial charge in [-0.3, -0.25) is 14.4 Å². The number of likely N-dealkylation sites (N-methyl/N-ethyl adjacent to an activating group) is 1. The van der Waals surface area contributed by atoms with E-state index in [0.29, 0.717) is 23.5 Å². The molecule has 0 radical (unpaired) electrons. The van der Waals surface area contributed by atoms with Gasteiger partial charge in [-0.25, -0.2) is 5.43 Å². The van der Waals surface area contributed by atoms with E-state index in [1.54, 1.807) is 37.3 Å². The number of carbonyl (C=O) groups excluding carboxylic acids is 3. The van der Waals surface area contributed by atoms with Gasteiger partial charge in [0.1, 0.15) is 5.75 Å². The van der Waals surface area contributed by atoms with Crippen LogP contribution in [-0.4, -0.2) is 37.1 Å². The van der Waals surface area contributed by atoms with Crippen LogP contribution in [-0.2, 0) is 14.4 Å². The summed E-state index contributed by atoms with van der Waals surface area (Å²) >= 11 is 3.41. The van der Waals surface area contributed by atoms with Gasteiger partial charge in [0.05, 0.1) is 6.21 Å². The Morgan fingerprint density at radius 1 is 1.14 bits per heavy atom. The van der Waals surface area contributed by atoms with E-state index in [1.165, 1.54) is 6.21 Å². The lowest BCUT2D eigenvalue weighted by Crippen LogP contribution is -2.37. The van der Waals surface area contributed by atoms with Gasteiger partial charge in [-0.1, -0.05) is 28.1 Å². The number of hydrogen-bond donors (Lipinski definition) is 3. The highest BCUT2D eigenvalue weighted by atomic mass is 79.9. The van der Waals surface area contributed by atoms with Crippen molar-refractivity contribution in [1.29, 1.82) is 0 Å². The molecule has 0 aromatic heterocycles. The minimum Gasteiger partial charge on any atom is -0.484 e. The molecule has 0 aliphatic carbocycles. The number of benzene rings is 2. The summed E-state index contributed by atoms with van der Waals surface area (Å²) in [6.07, 6.45) is 1.37. The summed E-state index contributed by atoms with van der Waals surface area (Å²) in [4.78, 5) is 34.8. The first kappa shape index (κ1) is 22.1. The van der Waals surface area contributed by atoms with Crippen LogP contribution in [0.3, 0.4) is 0 Å². The van der Waals surface area contributed by atoms with Crippen molar-refractivity contribution in [3.8, 4) is 5.75 Å². The molecule has 0 aliphatic heterocycles. The van der Waals surface area contributed by atoms with Gasteiger partial charge in [0, 0.05) is 16.7 Å². The van der Waals surface area contributed by atoms with Crippen molar-refractivity contribution in [2.24, 2.45) is 5.10 Å². The molecule has 0 bridgehead atoms. The first-order chi connectivity index (χ1) is 13.9. The summed E-state index contributed by atoms with van der Waals surface area (Å²) < 4.78 is 6.46. The van der Waals surface area contributed by atoms with E-state index in [-0.39, 0.29) is 12.5 Å². The maximum absolute atomic E-state index is 12.1. The molecule has 2 aromatic carbocycles. The van der Waals surface area contributed by atoms with Crippen molar-refractivity contribution in [2.45, 2.75) is 13.8 Å². The second-order valence-electron chi connectivity index (χ2n) is 5.93. The number of anilines is 1. The Bertz CT molecular complexity index is 930. The highest BCUT2D eigenvalue weighted by Gasteiger charge is 2.10. The largest absolute Gasteiger partial charge is 0.484 e. The lowest BCUT2D eigenvalue weighted by molar-refractivity contribution is -0.139. The van der Waals surface area contributed by atoms with Crippen molar-refractivity contribution in [3.63, 3.8) is 0 Å². The topological polar surface area (TPSA) is 109 Å². The van der Waals surface area contributed by atoms with Gasteiger partial charge in [-0.2, -0.15) is 5.10 Å². The van der Waals surface area contributed by atoms with Crippen LogP contribution in [0.15, 0.2) is 52.0 Å². The van der Waals surface area contributed by atoms with Crippen LogP contribution in [0.4, 0.5) is 5.69 Å². The van der Waals surface area contributed by atoms with Gasteiger partial charge in [0.25, 0.3) is 5.91 Å². The number of nitrogens with zero attached hydrogens (tertiary/aromatic N) is 1. The fourth-order valence-corrected chi connectivity index (χ4v) is 2.46. The fraction of sp³-hybridized carbons (Fsp3) is 0.200. The molecule has 3 N–H and O–H groups in total. The van der Waals surface area contributed by atoms with Crippen LogP contribution in [0, 0.1) is 6.92 Å². The third-order valence-electron chi connectivity index (χ3n) is 3.59. The Kier molecular flexibility index (Phi) is 8.35. The molecule has 0 fully saturated rings. The van der Waals surface area contributed by atoms with Gasteiger partial charge in [0.15, 0.2) is 6.61 Å². The molecule has 0 saturated heterocycles. The second kappa shape index (κ2) is 11.0. The van der Waals surface area contributed by atoms with Crippen LogP contribution >= 0.6 is 15.9 Å².